The SMILES string of the molecule is COc1ccc([C@@H]2CN(CCS(C)(=O)=O)C[C@H]2NC(=O)CO)cc1. The van der Waals surface area contributed by atoms with Gasteiger partial charge in [-0.15, -0.1) is 0 Å². The monoisotopic (exact) mass is 356 g/mol. The van der Waals surface area contributed by atoms with E-state index in [1.807, 2.05) is 29.2 Å². The van der Waals surface area contributed by atoms with Gasteiger partial charge in [-0.05, 0) is 17.7 Å². The molecule has 1 aliphatic heterocycles. The van der Waals surface area contributed by atoms with Crippen LogP contribution in [0.5, 0.6) is 5.75 Å². The molecule has 0 bridgehead atoms. The van der Waals surface area contributed by atoms with Crippen LogP contribution in [-0.4, -0.2) is 75.7 Å². The molecule has 2 atom stereocenters. The highest BCUT2D eigenvalue weighted by atomic mass is 32.2. The lowest BCUT2D eigenvalue weighted by Gasteiger charge is -2.20. The van der Waals surface area contributed by atoms with Gasteiger partial charge in [0.2, 0.25) is 5.91 Å². The summed E-state index contributed by atoms with van der Waals surface area (Å²) in [5, 5.41) is 11.8. The number of amides is 1. The summed E-state index contributed by atoms with van der Waals surface area (Å²) in [5.74, 6) is 0.444. The maximum atomic E-state index is 11.6. The molecule has 0 aliphatic carbocycles. The van der Waals surface area contributed by atoms with Crippen molar-refractivity contribution in [1.82, 2.24) is 10.2 Å². The Labute approximate surface area is 142 Å². The maximum Gasteiger partial charge on any atom is 0.245 e. The lowest BCUT2D eigenvalue weighted by Crippen LogP contribution is -2.41. The van der Waals surface area contributed by atoms with Crippen LogP contribution in [0.2, 0.25) is 0 Å². The number of ether oxygens (including phenoxy) is 1. The molecule has 134 valence electrons. The molecular weight excluding hydrogens is 332 g/mol. The second-order valence-corrected chi connectivity index (χ2v) is 8.36. The minimum Gasteiger partial charge on any atom is -0.497 e. The molecular formula is C16H24N2O5S. The summed E-state index contributed by atoms with van der Waals surface area (Å²) in [6.07, 6.45) is 1.22. The van der Waals surface area contributed by atoms with E-state index < -0.39 is 22.4 Å². The van der Waals surface area contributed by atoms with Crippen molar-refractivity contribution < 1.29 is 23.1 Å². The highest BCUT2D eigenvalue weighted by Crippen LogP contribution is 2.29. The van der Waals surface area contributed by atoms with Crippen LogP contribution in [0.4, 0.5) is 0 Å². The highest BCUT2D eigenvalue weighted by Gasteiger charge is 2.34. The molecule has 24 heavy (non-hydrogen) atoms. The molecule has 8 heteroatoms. The summed E-state index contributed by atoms with van der Waals surface area (Å²) in [7, 11) is -1.43. The van der Waals surface area contributed by atoms with Gasteiger partial charge in [0.1, 0.15) is 22.2 Å². The predicted molar refractivity (Wildman–Crippen MR) is 90.9 cm³/mol. The van der Waals surface area contributed by atoms with Crippen molar-refractivity contribution in [1.29, 1.82) is 0 Å². The Kier molecular flexibility index (Phi) is 6.20. The number of sulfone groups is 1. The Morgan fingerprint density at radius 2 is 2.00 bits per heavy atom. The van der Waals surface area contributed by atoms with Gasteiger partial charge < -0.3 is 15.2 Å². The van der Waals surface area contributed by atoms with E-state index in [4.69, 9.17) is 9.84 Å². The first-order valence-electron chi connectivity index (χ1n) is 7.76. The Balaban J connectivity index is 2.12. The smallest absolute Gasteiger partial charge is 0.245 e. The summed E-state index contributed by atoms with van der Waals surface area (Å²) in [6, 6.07) is 7.44. The summed E-state index contributed by atoms with van der Waals surface area (Å²) in [4.78, 5) is 13.6. The zero-order chi connectivity index (χ0) is 17.7. The summed E-state index contributed by atoms with van der Waals surface area (Å²) >= 11 is 0. The fourth-order valence-corrected chi connectivity index (χ4v) is 3.54. The number of hydrogen-bond acceptors (Lipinski definition) is 6. The number of nitrogens with one attached hydrogen (secondary N) is 1. The van der Waals surface area contributed by atoms with E-state index in [0.29, 0.717) is 19.6 Å². The molecule has 2 rings (SSSR count). The molecule has 0 saturated carbocycles. The lowest BCUT2D eigenvalue weighted by atomic mass is 9.94. The van der Waals surface area contributed by atoms with Crippen molar-refractivity contribution in [2.45, 2.75) is 12.0 Å². The third kappa shape index (κ3) is 5.19. The average molecular weight is 356 g/mol. The van der Waals surface area contributed by atoms with E-state index in [9.17, 15) is 13.2 Å². The number of aliphatic hydroxyl groups is 1. The molecule has 1 aliphatic rings. The maximum absolute atomic E-state index is 11.6. The van der Waals surface area contributed by atoms with Gasteiger partial charge in [-0.3, -0.25) is 9.69 Å². The minimum absolute atomic E-state index is 0.0333. The molecule has 7 nitrogen and oxygen atoms in total. The van der Waals surface area contributed by atoms with Gasteiger partial charge in [0.25, 0.3) is 0 Å². The average Bonchev–Trinajstić information content (AvgIpc) is 2.95. The molecule has 0 unspecified atom stereocenters. The van der Waals surface area contributed by atoms with Crippen molar-refractivity contribution in [3.8, 4) is 5.75 Å². The van der Waals surface area contributed by atoms with Gasteiger partial charge in [-0.2, -0.15) is 0 Å². The molecule has 1 fully saturated rings. The van der Waals surface area contributed by atoms with Crippen LogP contribution in [0.25, 0.3) is 0 Å². The first-order valence-corrected chi connectivity index (χ1v) is 9.82. The van der Waals surface area contributed by atoms with Gasteiger partial charge in [0.15, 0.2) is 0 Å². The molecule has 1 heterocycles. The van der Waals surface area contributed by atoms with Crippen molar-refractivity contribution in [3.05, 3.63) is 29.8 Å². The number of carbonyl (C=O) groups excluding carboxylic acids is 1. The van der Waals surface area contributed by atoms with Gasteiger partial charge in [0.05, 0.1) is 12.9 Å². The Bertz CT molecular complexity index is 660. The fourth-order valence-electron chi connectivity index (χ4n) is 2.95. The first-order chi connectivity index (χ1) is 11.3. The van der Waals surface area contributed by atoms with Crippen LogP contribution in [0.3, 0.4) is 0 Å². The van der Waals surface area contributed by atoms with Gasteiger partial charge in [0, 0.05) is 37.8 Å². The molecule has 1 aromatic rings. The zero-order valence-electron chi connectivity index (χ0n) is 13.9. The first kappa shape index (κ1) is 18.7. The number of likely N-dealkylation sites (tertiary alicyclic amines) is 1. The Morgan fingerprint density at radius 3 is 2.54 bits per heavy atom. The van der Waals surface area contributed by atoms with E-state index in [-0.39, 0.29) is 17.7 Å². The number of carbonyl (C=O) groups is 1. The fraction of sp³-hybridized carbons (Fsp3) is 0.562. The second kappa shape index (κ2) is 7.96. The lowest BCUT2D eigenvalue weighted by molar-refractivity contribution is -0.124. The van der Waals surface area contributed by atoms with Crippen LogP contribution >= 0.6 is 0 Å². The highest BCUT2D eigenvalue weighted by molar-refractivity contribution is 7.90. The quantitative estimate of drug-likeness (QED) is 0.691. The van der Waals surface area contributed by atoms with Crippen molar-refractivity contribution >= 4 is 15.7 Å². The zero-order valence-corrected chi connectivity index (χ0v) is 14.8. The number of nitrogens with zero attached hydrogens (tertiary/aromatic N) is 1. The molecule has 2 N–H and O–H groups in total. The van der Waals surface area contributed by atoms with Gasteiger partial charge >= 0.3 is 0 Å². The van der Waals surface area contributed by atoms with E-state index in [0.717, 1.165) is 11.3 Å². The van der Waals surface area contributed by atoms with Crippen molar-refractivity contribution in [3.63, 3.8) is 0 Å². The van der Waals surface area contributed by atoms with Gasteiger partial charge in [-0.1, -0.05) is 12.1 Å². The topological polar surface area (TPSA) is 95.9 Å². The van der Waals surface area contributed by atoms with Crippen molar-refractivity contribution in [2.75, 3.05) is 45.4 Å². The molecule has 0 spiro atoms. The third-order valence-electron chi connectivity index (χ3n) is 4.21. The summed E-state index contributed by atoms with van der Waals surface area (Å²) in [5.41, 5.74) is 1.04. The second-order valence-electron chi connectivity index (χ2n) is 6.10. The Morgan fingerprint density at radius 1 is 1.33 bits per heavy atom. The third-order valence-corrected chi connectivity index (χ3v) is 5.13. The van der Waals surface area contributed by atoms with Crippen LogP contribution < -0.4 is 10.1 Å². The summed E-state index contributed by atoms with van der Waals surface area (Å²) in [6.45, 7) is 1.07. The van der Waals surface area contributed by atoms with Crippen molar-refractivity contribution in [2.24, 2.45) is 0 Å². The predicted octanol–water partition coefficient (Wildman–Crippen LogP) is -0.384. The number of benzene rings is 1. The van der Waals surface area contributed by atoms with E-state index >= 15 is 0 Å². The van der Waals surface area contributed by atoms with Crippen LogP contribution in [-0.2, 0) is 14.6 Å². The summed E-state index contributed by atoms with van der Waals surface area (Å²) < 4.78 is 27.9. The number of hydrogen-bond donors (Lipinski definition) is 2. The standard InChI is InChI=1S/C16H24N2O5S/c1-23-13-5-3-12(4-6-13)14-9-18(7-8-24(2,21)22)10-15(14)17-16(20)11-19/h3-6,14-15,19H,7-11H2,1-2H3,(H,17,20)/t14-,15+/m0/s1. The van der Waals surface area contributed by atoms with Crippen LogP contribution in [0.1, 0.15) is 11.5 Å². The molecule has 1 amide bonds. The van der Waals surface area contributed by atoms with Gasteiger partial charge in [-0.25, -0.2) is 8.42 Å². The van der Waals surface area contributed by atoms with Crippen LogP contribution in [0.15, 0.2) is 24.3 Å². The van der Waals surface area contributed by atoms with Crippen LogP contribution in [0, 0.1) is 0 Å². The number of methoxy groups -OCH3 is 1. The van der Waals surface area contributed by atoms with E-state index in [1.165, 1.54) is 6.26 Å². The minimum atomic E-state index is -3.03. The Hall–Kier alpha value is -1.64. The molecule has 1 aromatic carbocycles. The molecule has 0 aromatic heterocycles. The van der Waals surface area contributed by atoms with E-state index in [2.05, 4.69) is 5.32 Å². The largest absolute Gasteiger partial charge is 0.497 e. The normalized spacial score (nSPS) is 21.6. The number of aliphatic hydroxyl groups excluding tert-OH is 1. The number of rotatable bonds is 7. The molecule has 1 saturated heterocycles. The molecule has 0 radical (unpaired) electrons. The van der Waals surface area contributed by atoms with E-state index in [1.54, 1.807) is 7.11 Å².